The van der Waals surface area contributed by atoms with Crippen molar-refractivity contribution < 1.29 is 22.8 Å². The maximum atomic E-state index is 13.2. The monoisotopic (exact) mass is 434 g/mol. The molecule has 4 rings (SSSR count). The molecule has 2 fully saturated rings. The van der Waals surface area contributed by atoms with E-state index < -0.39 is 20.6 Å². The van der Waals surface area contributed by atoms with Crippen LogP contribution in [0.5, 0.6) is 11.5 Å². The van der Waals surface area contributed by atoms with Crippen molar-refractivity contribution in [1.82, 2.24) is 14.5 Å². The van der Waals surface area contributed by atoms with Gasteiger partial charge >= 0.3 is 0 Å². The lowest BCUT2D eigenvalue weighted by atomic mass is 10.2. The highest BCUT2D eigenvalue weighted by Crippen LogP contribution is 2.40. The summed E-state index contributed by atoms with van der Waals surface area (Å²) in [5, 5.41) is 14.8. The van der Waals surface area contributed by atoms with Crippen molar-refractivity contribution in [3.8, 4) is 11.5 Å². The summed E-state index contributed by atoms with van der Waals surface area (Å²) >= 11 is 0. The molecule has 0 saturated carbocycles. The molecule has 1 N–H and O–H groups in total. The molecule has 2 saturated heterocycles. The van der Waals surface area contributed by atoms with Crippen LogP contribution in [0.15, 0.2) is 17.0 Å². The number of nitro groups is 1. The van der Waals surface area contributed by atoms with Gasteiger partial charge < -0.3 is 14.8 Å². The Morgan fingerprint density at radius 3 is 2.39 bits per heavy atom. The number of nitrogens with zero attached hydrogens (tertiary/aromatic N) is 3. The van der Waals surface area contributed by atoms with E-state index in [1.807, 2.05) is 0 Å². The van der Waals surface area contributed by atoms with Crippen LogP contribution in [0.3, 0.4) is 0 Å². The van der Waals surface area contributed by atoms with Crippen molar-refractivity contribution in [3.05, 3.63) is 22.2 Å². The van der Waals surface area contributed by atoms with Crippen LogP contribution in [0.4, 0.5) is 5.69 Å². The summed E-state index contributed by atoms with van der Waals surface area (Å²) in [5.41, 5.74) is -0.482. The Hall–Kier alpha value is -1.66. The highest BCUT2D eigenvalue weighted by atomic mass is 35.5. The van der Waals surface area contributed by atoms with Gasteiger partial charge in [-0.3, -0.25) is 15.0 Å². The first-order valence-corrected chi connectivity index (χ1v) is 10.4. The second kappa shape index (κ2) is 8.37. The summed E-state index contributed by atoms with van der Waals surface area (Å²) in [4.78, 5) is 12.8. The van der Waals surface area contributed by atoms with Gasteiger partial charge in [-0.25, -0.2) is 8.42 Å². The standard InChI is InChI=1S/C16H22N4O6S.ClH/c21-20(22)13-9-14-15(26-8-7-25-14)10-16(13)27(23,24)19-4-1-12(11-19)18-5-2-17-3-6-18;/h9-10,12,17H,1-8,11H2;1H. The van der Waals surface area contributed by atoms with Gasteiger partial charge in [-0.05, 0) is 6.42 Å². The van der Waals surface area contributed by atoms with E-state index in [0.717, 1.165) is 38.7 Å². The van der Waals surface area contributed by atoms with E-state index in [0.29, 0.717) is 13.1 Å². The molecular weight excluding hydrogens is 412 g/mol. The molecule has 28 heavy (non-hydrogen) atoms. The maximum Gasteiger partial charge on any atom is 0.293 e. The van der Waals surface area contributed by atoms with Gasteiger partial charge in [-0.2, -0.15) is 4.31 Å². The zero-order chi connectivity index (χ0) is 19.0. The van der Waals surface area contributed by atoms with Gasteiger partial charge in [-0.15, -0.1) is 12.4 Å². The van der Waals surface area contributed by atoms with Crippen molar-refractivity contribution in [2.75, 3.05) is 52.5 Å². The minimum Gasteiger partial charge on any atom is -0.486 e. The summed E-state index contributed by atoms with van der Waals surface area (Å²) in [6.07, 6.45) is 0.720. The molecule has 156 valence electrons. The van der Waals surface area contributed by atoms with E-state index in [1.165, 1.54) is 10.4 Å². The van der Waals surface area contributed by atoms with E-state index in [1.54, 1.807) is 0 Å². The first kappa shape index (κ1) is 21.1. The van der Waals surface area contributed by atoms with Gasteiger partial charge in [0.15, 0.2) is 16.4 Å². The number of sulfonamides is 1. The number of hydrogen-bond donors (Lipinski definition) is 1. The zero-order valence-corrected chi connectivity index (χ0v) is 16.8. The molecule has 3 aliphatic rings. The van der Waals surface area contributed by atoms with Crippen LogP contribution in [-0.2, 0) is 10.0 Å². The van der Waals surface area contributed by atoms with Crippen molar-refractivity contribution in [2.45, 2.75) is 17.4 Å². The number of fused-ring (bicyclic) bond motifs is 1. The van der Waals surface area contributed by atoms with E-state index in [2.05, 4.69) is 10.2 Å². The number of nitrogens with one attached hydrogen (secondary N) is 1. The molecule has 0 amide bonds. The van der Waals surface area contributed by atoms with Crippen LogP contribution < -0.4 is 14.8 Å². The number of hydrogen-bond acceptors (Lipinski definition) is 8. The highest BCUT2D eigenvalue weighted by molar-refractivity contribution is 7.89. The summed E-state index contributed by atoms with van der Waals surface area (Å²) in [6, 6.07) is 2.50. The first-order valence-electron chi connectivity index (χ1n) is 9.00. The lowest BCUT2D eigenvalue weighted by molar-refractivity contribution is -0.388. The van der Waals surface area contributed by atoms with E-state index >= 15 is 0 Å². The van der Waals surface area contributed by atoms with Gasteiger partial charge in [-0.1, -0.05) is 0 Å². The van der Waals surface area contributed by atoms with Crippen LogP contribution in [0.25, 0.3) is 0 Å². The molecule has 0 bridgehead atoms. The molecule has 0 aromatic heterocycles. The van der Waals surface area contributed by atoms with Crippen LogP contribution >= 0.6 is 12.4 Å². The number of benzene rings is 1. The maximum absolute atomic E-state index is 13.2. The third-order valence-corrected chi connectivity index (χ3v) is 7.13. The van der Waals surface area contributed by atoms with Gasteiger partial charge in [0.05, 0.1) is 11.0 Å². The Balaban J connectivity index is 0.00000225. The van der Waals surface area contributed by atoms with Gasteiger partial charge in [0.1, 0.15) is 13.2 Å². The second-order valence-corrected chi connectivity index (χ2v) is 8.72. The number of ether oxygens (including phenoxy) is 2. The van der Waals surface area contributed by atoms with Crippen molar-refractivity contribution in [1.29, 1.82) is 0 Å². The third-order valence-electron chi connectivity index (χ3n) is 5.23. The molecule has 1 atom stereocenters. The van der Waals surface area contributed by atoms with Crippen LogP contribution in [-0.4, -0.2) is 81.1 Å². The Labute approximate surface area is 169 Å². The van der Waals surface area contributed by atoms with Crippen molar-refractivity contribution in [3.63, 3.8) is 0 Å². The Morgan fingerprint density at radius 1 is 1.11 bits per heavy atom. The molecule has 12 heteroatoms. The molecule has 1 aromatic carbocycles. The summed E-state index contributed by atoms with van der Waals surface area (Å²) in [5.74, 6) is 0.426. The van der Waals surface area contributed by atoms with Gasteiger partial charge in [0.2, 0.25) is 10.0 Å². The molecular formula is C16H23ClN4O6S. The smallest absolute Gasteiger partial charge is 0.293 e. The van der Waals surface area contributed by atoms with E-state index in [4.69, 9.17) is 9.47 Å². The minimum absolute atomic E-state index is 0. The van der Waals surface area contributed by atoms with Crippen molar-refractivity contribution >= 4 is 28.1 Å². The molecule has 0 radical (unpaired) electrons. The fourth-order valence-electron chi connectivity index (χ4n) is 3.82. The van der Waals surface area contributed by atoms with E-state index in [9.17, 15) is 18.5 Å². The number of rotatable bonds is 4. The Kier molecular flexibility index (Phi) is 6.30. The summed E-state index contributed by atoms with van der Waals surface area (Å²) in [7, 11) is -4.01. The molecule has 0 aliphatic carbocycles. The first-order chi connectivity index (χ1) is 13.0. The minimum atomic E-state index is -4.01. The highest BCUT2D eigenvalue weighted by Gasteiger charge is 2.39. The summed E-state index contributed by atoms with van der Waals surface area (Å²) in [6.45, 7) is 4.77. The third kappa shape index (κ3) is 3.90. The predicted molar refractivity (Wildman–Crippen MR) is 103 cm³/mol. The van der Waals surface area contributed by atoms with Gasteiger partial charge in [0.25, 0.3) is 5.69 Å². The molecule has 3 heterocycles. The number of halogens is 1. The second-order valence-electron chi connectivity index (χ2n) is 6.81. The topological polar surface area (TPSA) is 114 Å². The fraction of sp³-hybridized carbons (Fsp3) is 0.625. The average molecular weight is 435 g/mol. The van der Waals surface area contributed by atoms with Crippen LogP contribution in [0.2, 0.25) is 0 Å². The molecule has 1 aromatic rings. The van der Waals surface area contributed by atoms with Gasteiger partial charge in [0, 0.05) is 51.4 Å². The zero-order valence-electron chi connectivity index (χ0n) is 15.2. The van der Waals surface area contributed by atoms with Crippen LogP contribution in [0.1, 0.15) is 6.42 Å². The lowest BCUT2D eigenvalue weighted by Gasteiger charge is -2.32. The van der Waals surface area contributed by atoms with Crippen molar-refractivity contribution in [2.24, 2.45) is 0 Å². The number of piperazine rings is 1. The Morgan fingerprint density at radius 2 is 1.75 bits per heavy atom. The SMILES string of the molecule is Cl.O=[N+]([O-])c1cc2c(cc1S(=O)(=O)N1CCC(N3CCNCC3)C1)OCCO2. The fourth-order valence-corrected chi connectivity index (χ4v) is 5.47. The molecule has 10 nitrogen and oxygen atoms in total. The molecule has 0 spiro atoms. The van der Waals surface area contributed by atoms with Crippen LogP contribution in [0, 0.1) is 10.1 Å². The lowest BCUT2D eigenvalue weighted by Crippen LogP contribution is -2.49. The quantitative estimate of drug-likeness (QED) is 0.536. The average Bonchev–Trinajstić information content (AvgIpc) is 3.19. The van der Waals surface area contributed by atoms with E-state index in [-0.39, 0.29) is 48.1 Å². The largest absolute Gasteiger partial charge is 0.486 e. The molecule has 3 aliphatic heterocycles. The predicted octanol–water partition coefficient (Wildman–Crippen LogP) is 0.456. The Bertz CT molecular complexity index is 846. The number of nitro benzene ring substituents is 1. The summed E-state index contributed by atoms with van der Waals surface area (Å²) < 4.78 is 38.5. The molecule has 1 unspecified atom stereocenters. The normalized spacial score (nSPS) is 23.2.